The standard InChI is InChI=1S/C37H49BrN4O6/c1-33(2,3)48-30(43)23-46-20-10-8-9-19-40-26-12-14-27(15-13-26)41-31(44)36(17-18-36)32(45)42-37(34(4,5)24-35(37,6)7)47-28-16-11-25(22-39)29(38)21-28/h11-16,21,40H,8-10,17-20,23-24H2,1-7H3,(H,41,44)(H,42,45). The Balaban J connectivity index is 1.27. The SMILES string of the molecule is CC(C)(C)OC(=O)COCCCCCNc1ccc(NC(=O)C2(C(=O)NC3(Oc4ccc(C#N)c(Br)c4)C(C)(C)CC3(C)C)CC2)cc1. The van der Waals surface area contributed by atoms with E-state index in [9.17, 15) is 19.6 Å². The average molecular weight is 726 g/mol. The van der Waals surface area contributed by atoms with Crippen molar-refractivity contribution >= 4 is 45.1 Å². The zero-order valence-electron chi connectivity index (χ0n) is 29.2. The number of nitriles is 1. The second-order valence-corrected chi connectivity index (χ2v) is 16.0. The molecule has 2 aliphatic rings. The van der Waals surface area contributed by atoms with Crippen LogP contribution in [0.2, 0.25) is 0 Å². The summed E-state index contributed by atoms with van der Waals surface area (Å²) in [4.78, 5) is 39.1. The molecule has 0 heterocycles. The van der Waals surface area contributed by atoms with Crippen molar-refractivity contribution in [1.29, 1.82) is 5.26 Å². The van der Waals surface area contributed by atoms with E-state index in [4.69, 9.17) is 14.2 Å². The lowest BCUT2D eigenvalue weighted by atomic mass is 9.48. The van der Waals surface area contributed by atoms with Gasteiger partial charge in [-0.05, 0) is 118 Å². The third kappa shape index (κ3) is 8.50. The lowest BCUT2D eigenvalue weighted by Crippen LogP contribution is -2.78. The molecule has 0 spiro atoms. The minimum Gasteiger partial charge on any atom is -0.467 e. The highest BCUT2D eigenvalue weighted by Gasteiger charge is 2.71. The number of esters is 1. The quantitative estimate of drug-likeness (QED) is 0.0752. The van der Waals surface area contributed by atoms with Crippen molar-refractivity contribution < 1.29 is 28.6 Å². The Labute approximate surface area is 292 Å². The van der Waals surface area contributed by atoms with Crippen LogP contribution in [0.4, 0.5) is 11.4 Å². The number of nitrogens with one attached hydrogen (secondary N) is 3. The number of hydrogen-bond donors (Lipinski definition) is 3. The maximum absolute atomic E-state index is 13.9. The molecular formula is C37H49BrN4O6. The number of rotatable bonds is 15. The molecule has 2 aliphatic carbocycles. The van der Waals surface area contributed by atoms with Crippen molar-refractivity contribution in [1.82, 2.24) is 5.32 Å². The fourth-order valence-electron chi connectivity index (χ4n) is 6.78. The number of anilines is 2. The van der Waals surface area contributed by atoms with E-state index < -0.39 is 27.6 Å². The molecule has 3 N–H and O–H groups in total. The number of amides is 2. The van der Waals surface area contributed by atoms with Gasteiger partial charge in [-0.3, -0.25) is 9.59 Å². The molecule has 0 saturated heterocycles. The summed E-state index contributed by atoms with van der Waals surface area (Å²) in [7, 11) is 0. The predicted molar refractivity (Wildman–Crippen MR) is 188 cm³/mol. The van der Waals surface area contributed by atoms with Crippen LogP contribution < -0.4 is 20.7 Å². The Morgan fingerprint density at radius 2 is 1.56 bits per heavy atom. The van der Waals surface area contributed by atoms with E-state index in [1.807, 2.05) is 45.0 Å². The molecule has 2 amide bonds. The summed E-state index contributed by atoms with van der Waals surface area (Å²) < 4.78 is 17.9. The topological polar surface area (TPSA) is 139 Å². The Kier molecular flexibility index (Phi) is 11.2. The number of hydrogen-bond acceptors (Lipinski definition) is 8. The highest BCUT2D eigenvalue weighted by atomic mass is 79.9. The first-order valence-corrected chi connectivity index (χ1v) is 17.4. The first-order chi connectivity index (χ1) is 22.4. The summed E-state index contributed by atoms with van der Waals surface area (Å²) in [5, 5.41) is 18.9. The fourth-order valence-corrected chi connectivity index (χ4v) is 7.23. The van der Waals surface area contributed by atoms with E-state index in [2.05, 4.69) is 65.6 Å². The van der Waals surface area contributed by atoms with Gasteiger partial charge in [0.1, 0.15) is 29.4 Å². The Morgan fingerprint density at radius 3 is 2.12 bits per heavy atom. The highest BCUT2D eigenvalue weighted by Crippen LogP contribution is 2.63. The van der Waals surface area contributed by atoms with E-state index in [0.29, 0.717) is 40.9 Å². The number of unbranched alkanes of at least 4 members (excludes halogenated alkanes) is 2. The molecular weight excluding hydrogens is 676 g/mol. The van der Waals surface area contributed by atoms with E-state index in [0.717, 1.165) is 37.9 Å². The number of halogens is 1. The second kappa shape index (κ2) is 14.5. The molecule has 0 aliphatic heterocycles. The summed E-state index contributed by atoms with van der Waals surface area (Å²) in [6.07, 6.45) is 4.45. The van der Waals surface area contributed by atoms with Gasteiger partial charge in [0.05, 0.1) is 5.56 Å². The van der Waals surface area contributed by atoms with Crippen LogP contribution in [0.5, 0.6) is 5.75 Å². The molecule has 0 radical (unpaired) electrons. The molecule has 0 bridgehead atoms. The van der Waals surface area contributed by atoms with E-state index in [1.165, 1.54) is 0 Å². The summed E-state index contributed by atoms with van der Waals surface area (Å²) in [6.45, 7) is 14.9. The van der Waals surface area contributed by atoms with Crippen molar-refractivity contribution in [3.8, 4) is 11.8 Å². The van der Waals surface area contributed by atoms with Crippen molar-refractivity contribution in [3.63, 3.8) is 0 Å². The van der Waals surface area contributed by atoms with Crippen LogP contribution in [0.1, 0.15) is 92.6 Å². The van der Waals surface area contributed by atoms with Crippen LogP contribution in [-0.2, 0) is 23.9 Å². The van der Waals surface area contributed by atoms with Gasteiger partial charge in [0, 0.05) is 39.8 Å². The average Bonchev–Trinajstić information content (AvgIpc) is 3.80. The van der Waals surface area contributed by atoms with Crippen LogP contribution in [0, 0.1) is 27.6 Å². The second-order valence-electron chi connectivity index (χ2n) is 15.2. The molecule has 260 valence electrons. The fraction of sp³-hybridized carbons (Fsp3) is 0.568. The lowest BCUT2D eigenvalue weighted by molar-refractivity contribution is -0.247. The smallest absolute Gasteiger partial charge is 0.332 e. The Morgan fingerprint density at radius 1 is 0.917 bits per heavy atom. The molecule has 0 unspecified atom stereocenters. The Bertz CT molecular complexity index is 1520. The third-order valence-electron chi connectivity index (χ3n) is 9.11. The van der Waals surface area contributed by atoms with Gasteiger partial charge in [-0.2, -0.15) is 5.26 Å². The van der Waals surface area contributed by atoms with Gasteiger partial charge < -0.3 is 30.2 Å². The molecule has 11 heteroatoms. The van der Waals surface area contributed by atoms with Crippen LogP contribution in [-0.4, -0.2) is 48.9 Å². The van der Waals surface area contributed by atoms with Gasteiger partial charge in [-0.25, -0.2) is 4.79 Å². The largest absolute Gasteiger partial charge is 0.467 e. The third-order valence-corrected chi connectivity index (χ3v) is 9.76. The molecule has 0 aromatic heterocycles. The van der Waals surface area contributed by atoms with Crippen molar-refractivity contribution in [3.05, 3.63) is 52.5 Å². The molecule has 10 nitrogen and oxygen atoms in total. The van der Waals surface area contributed by atoms with E-state index >= 15 is 0 Å². The lowest BCUT2D eigenvalue weighted by Gasteiger charge is -2.65. The first-order valence-electron chi connectivity index (χ1n) is 16.6. The minimum atomic E-state index is -1.17. The van der Waals surface area contributed by atoms with Crippen LogP contribution in [0.15, 0.2) is 46.9 Å². The monoisotopic (exact) mass is 724 g/mol. The van der Waals surface area contributed by atoms with E-state index in [1.54, 1.807) is 18.2 Å². The summed E-state index contributed by atoms with van der Waals surface area (Å²) in [5.74, 6) is -0.508. The van der Waals surface area contributed by atoms with E-state index in [-0.39, 0.29) is 24.4 Å². The maximum Gasteiger partial charge on any atom is 0.332 e. The zero-order valence-corrected chi connectivity index (χ0v) is 30.8. The molecule has 48 heavy (non-hydrogen) atoms. The van der Waals surface area contributed by atoms with Gasteiger partial charge in [0.15, 0.2) is 5.72 Å². The maximum atomic E-state index is 13.9. The number of carbonyl (C=O) groups is 3. The molecule has 4 rings (SSSR count). The predicted octanol–water partition coefficient (Wildman–Crippen LogP) is 7.33. The summed E-state index contributed by atoms with van der Waals surface area (Å²) in [5.41, 5.74) is -1.56. The van der Waals surface area contributed by atoms with Gasteiger partial charge in [-0.15, -0.1) is 0 Å². The van der Waals surface area contributed by atoms with Crippen molar-refractivity contribution in [2.45, 2.75) is 98.3 Å². The van der Waals surface area contributed by atoms with Crippen LogP contribution in [0.3, 0.4) is 0 Å². The van der Waals surface area contributed by atoms with Gasteiger partial charge >= 0.3 is 5.97 Å². The summed E-state index contributed by atoms with van der Waals surface area (Å²) >= 11 is 3.43. The first kappa shape index (κ1) is 37.2. The number of benzene rings is 2. The van der Waals surface area contributed by atoms with Crippen molar-refractivity contribution in [2.75, 3.05) is 30.4 Å². The number of carbonyl (C=O) groups excluding carboxylic acids is 3. The Hall–Kier alpha value is -3.62. The zero-order chi connectivity index (χ0) is 35.4. The van der Waals surface area contributed by atoms with Crippen molar-refractivity contribution in [2.24, 2.45) is 16.2 Å². The number of nitrogens with zero attached hydrogens (tertiary/aromatic N) is 1. The number of ether oxygens (including phenoxy) is 3. The molecule has 0 atom stereocenters. The van der Waals surface area contributed by atoms with Crippen LogP contribution in [0.25, 0.3) is 0 Å². The highest BCUT2D eigenvalue weighted by molar-refractivity contribution is 9.10. The molecule has 2 fully saturated rings. The minimum absolute atomic E-state index is 0.0338. The molecule has 2 saturated carbocycles. The molecule has 2 aromatic carbocycles. The summed E-state index contributed by atoms with van der Waals surface area (Å²) in [6, 6.07) is 14.7. The molecule has 2 aromatic rings. The van der Waals surface area contributed by atoms with Gasteiger partial charge in [0.2, 0.25) is 11.8 Å². The van der Waals surface area contributed by atoms with Gasteiger partial charge in [0.25, 0.3) is 0 Å². The van der Waals surface area contributed by atoms with Crippen LogP contribution >= 0.6 is 15.9 Å². The normalized spacial score (nSPS) is 18.0. The van der Waals surface area contributed by atoms with Gasteiger partial charge in [-0.1, -0.05) is 27.7 Å².